The van der Waals surface area contributed by atoms with Crippen LogP contribution in [-0.2, 0) is 0 Å². The Kier molecular flexibility index (Phi) is 2.05. The molecule has 0 fully saturated rings. The third-order valence-electron chi connectivity index (χ3n) is 2.08. The van der Waals surface area contributed by atoms with Gasteiger partial charge in [0.1, 0.15) is 0 Å². The van der Waals surface area contributed by atoms with Crippen LogP contribution in [0, 0.1) is 0 Å². The number of nitrogens with one attached hydrogen (secondary N) is 1. The van der Waals surface area contributed by atoms with Crippen molar-refractivity contribution < 1.29 is 5.11 Å². The van der Waals surface area contributed by atoms with Crippen LogP contribution in [0.15, 0.2) is 29.2 Å². The number of hydrogen-bond acceptors (Lipinski definition) is 3. The predicted molar refractivity (Wildman–Crippen MR) is 53.0 cm³/mol. The molecule has 0 aromatic carbocycles. The summed E-state index contributed by atoms with van der Waals surface area (Å²) in [6, 6.07) is 4.81. The van der Waals surface area contributed by atoms with Gasteiger partial charge in [-0.05, 0) is 19.1 Å². The van der Waals surface area contributed by atoms with Crippen molar-refractivity contribution in [3.8, 4) is 0 Å². The molecule has 4 nitrogen and oxygen atoms in total. The van der Waals surface area contributed by atoms with Gasteiger partial charge in [0.25, 0.3) is 0 Å². The molecule has 2 heterocycles. The minimum Gasteiger partial charge on any atom is -0.387 e. The molecule has 1 atom stereocenters. The summed E-state index contributed by atoms with van der Waals surface area (Å²) in [6.45, 7) is 1.65. The standard InChI is InChI=1S/C10H10N2O2/c1-6(13)10-7-2-3-9(14)12-8(7)4-5-11-10/h2-6,13H,1H3,(H,12,14). The summed E-state index contributed by atoms with van der Waals surface area (Å²) in [7, 11) is 0. The zero-order valence-corrected chi connectivity index (χ0v) is 7.69. The molecule has 0 radical (unpaired) electrons. The lowest BCUT2D eigenvalue weighted by Gasteiger charge is -2.06. The first-order valence-corrected chi connectivity index (χ1v) is 4.34. The van der Waals surface area contributed by atoms with E-state index in [9.17, 15) is 9.90 Å². The normalized spacial score (nSPS) is 13.0. The maximum atomic E-state index is 11.0. The third-order valence-corrected chi connectivity index (χ3v) is 2.08. The highest BCUT2D eigenvalue weighted by Gasteiger charge is 2.07. The molecule has 0 saturated carbocycles. The summed E-state index contributed by atoms with van der Waals surface area (Å²) in [5.74, 6) is 0. The van der Waals surface area contributed by atoms with Gasteiger partial charge in [-0.15, -0.1) is 0 Å². The molecule has 2 rings (SSSR count). The average molecular weight is 190 g/mol. The number of aliphatic hydroxyl groups is 1. The fraction of sp³-hybridized carbons (Fsp3) is 0.200. The summed E-state index contributed by atoms with van der Waals surface area (Å²) in [6.07, 6.45) is 0.935. The average Bonchev–Trinajstić information content (AvgIpc) is 2.16. The number of aliphatic hydroxyl groups excluding tert-OH is 1. The van der Waals surface area contributed by atoms with Gasteiger partial charge in [0.2, 0.25) is 5.56 Å². The van der Waals surface area contributed by atoms with Gasteiger partial charge in [-0.2, -0.15) is 0 Å². The topological polar surface area (TPSA) is 66.0 Å². The van der Waals surface area contributed by atoms with Crippen LogP contribution < -0.4 is 5.56 Å². The van der Waals surface area contributed by atoms with E-state index in [1.54, 1.807) is 25.3 Å². The number of rotatable bonds is 1. The van der Waals surface area contributed by atoms with Gasteiger partial charge in [0, 0.05) is 17.6 Å². The number of nitrogens with zero attached hydrogens (tertiary/aromatic N) is 1. The Morgan fingerprint density at radius 1 is 1.43 bits per heavy atom. The highest BCUT2D eigenvalue weighted by Crippen LogP contribution is 2.18. The van der Waals surface area contributed by atoms with Crippen LogP contribution in [0.5, 0.6) is 0 Å². The van der Waals surface area contributed by atoms with Gasteiger partial charge >= 0.3 is 0 Å². The number of hydrogen-bond donors (Lipinski definition) is 2. The lowest BCUT2D eigenvalue weighted by molar-refractivity contribution is 0.196. The summed E-state index contributed by atoms with van der Waals surface area (Å²) in [5.41, 5.74) is 1.13. The van der Waals surface area contributed by atoms with Crippen molar-refractivity contribution in [1.29, 1.82) is 0 Å². The van der Waals surface area contributed by atoms with E-state index in [2.05, 4.69) is 9.97 Å². The van der Waals surface area contributed by atoms with Crippen LogP contribution in [0.2, 0.25) is 0 Å². The first-order chi connectivity index (χ1) is 6.68. The number of aromatic nitrogens is 2. The van der Waals surface area contributed by atoms with Crippen molar-refractivity contribution in [2.24, 2.45) is 0 Å². The molecule has 0 spiro atoms. The van der Waals surface area contributed by atoms with Crippen molar-refractivity contribution in [3.05, 3.63) is 40.4 Å². The Bertz CT molecular complexity index is 517. The Balaban J connectivity index is 2.81. The number of H-pyrrole nitrogens is 1. The quantitative estimate of drug-likeness (QED) is 0.704. The zero-order chi connectivity index (χ0) is 10.1. The number of fused-ring (bicyclic) bond motifs is 1. The molecule has 0 bridgehead atoms. The van der Waals surface area contributed by atoms with E-state index in [0.717, 1.165) is 5.39 Å². The maximum absolute atomic E-state index is 11.0. The number of pyridine rings is 2. The van der Waals surface area contributed by atoms with E-state index in [0.29, 0.717) is 11.2 Å². The first kappa shape index (κ1) is 8.90. The van der Waals surface area contributed by atoms with Crippen LogP contribution >= 0.6 is 0 Å². The molecule has 0 aliphatic rings. The Morgan fingerprint density at radius 3 is 2.93 bits per heavy atom. The van der Waals surface area contributed by atoms with Crippen molar-refractivity contribution in [2.45, 2.75) is 13.0 Å². The second-order valence-corrected chi connectivity index (χ2v) is 3.16. The summed E-state index contributed by atoms with van der Waals surface area (Å²) < 4.78 is 0. The van der Waals surface area contributed by atoms with E-state index >= 15 is 0 Å². The SMILES string of the molecule is CC(O)c1nccc2[nH]c(=O)ccc12. The second kappa shape index (κ2) is 3.23. The van der Waals surface area contributed by atoms with Gasteiger partial charge in [0.15, 0.2) is 0 Å². The van der Waals surface area contributed by atoms with Crippen molar-refractivity contribution in [2.75, 3.05) is 0 Å². The monoisotopic (exact) mass is 190 g/mol. The summed E-state index contributed by atoms with van der Waals surface area (Å²) in [5, 5.41) is 10.2. The Morgan fingerprint density at radius 2 is 2.21 bits per heavy atom. The predicted octanol–water partition coefficient (Wildman–Crippen LogP) is 0.976. The molecule has 0 saturated heterocycles. The van der Waals surface area contributed by atoms with Crippen LogP contribution in [0.1, 0.15) is 18.7 Å². The molecule has 2 aromatic heterocycles. The molecule has 14 heavy (non-hydrogen) atoms. The Labute approximate surface area is 80.2 Å². The molecule has 72 valence electrons. The smallest absolute Gasteiger partial charge is 0.248 e. The van der Waals surface area contributed by atoms with Crippen LogP contribution in [0.25, 0.3) is 10.9 Å². The van der Waals surface area contributed by atoms with E-state index in [1.807, 2.05) is 0 Å². The summed E-state index contributed by atoms with van der Waals surface area (Å²) >= 11 is 0. The van der Waals surface area contributed by atoms with E-state index in [1.165, 1.54) is 6.07 Å². The highest BCUT2D eigenvalue weighted by molar-refractivity contribution is 5.80. The minimum atomic E-state index is -0.635. The molecule has 4 heteroatoms. The fourth-order valence-corrected chi connectivity index (χ4v) is 1.44. The third kappa shape index (κ3) is 1.40. The molecule has 0 aliphatic carbocycles. The van der Waals surface area contributed by atoms with Crippen molar-refractivity contribution >= 4 is 10.9 Å². The van der Waals surface area contributed by atoms with Gasteiger partial charge in [-0.3, -0.25) is 9.78 Å². The highest BCUT2D eigenvalue weighted by atomic mass is 16.3. The maximum Gasteiger partial charge on any atom is 0.248 e. The minimum absolute atomic E-state index is 0.153. The van der Waals surface area contributed by atoms with Crippen LogP contribution in [0.4, 0.5) is 0 Å². The number of aromatic amines is 1. The van der Waals surface area contributed by atoms with Crippen LogP contribution in [-0.4, -0.2) is 15.1 Å². The molecule has 2 N–H and O–H groups in total. The second-order valence-electron chi connectivity index (χ2n) is 3.16. The molecule has 0 amide bonds. The van der Waals surface area contributed by atoms with E-state index in [4.69, 9.17) is 0 Å². The van der Waals surface area contributed by atoms with E-state index in [-0.39, 0.29) is 5.56 Å². The fourth-order valence-electron chi connectivity index (χ4n) is 1.44. The lowest BCUT2D eigenvalue weighted by Crippen LogP contribution is -2.05. The molecule has 2 aromatic rings. The molecular weight excluding hydrogens is 180 g/mol. The molecular formula is C10H10N2O2. The largest absolute Gasteiger partial charge is 0.387 e. The van der Waals surface area contributed by atoms with Gasteiger partial charge in [0.05, 0.1) is 17.3 Å². The van der Waals surface area contributed by atoms with Crippen LogP contribution in [0.3, 0.4) is 0 Å². The zero-order valence-electron chi connectivity index (χ0n) is 7.69. The molecule has 1 unspecified atom stereocenters. The van der Waals surface area contributed by atoms with E-state index < -0.39 is 6.10 Å². The van der Waals surface area contributed by atoms with Crippen molar-refractivity contribution in [1.82, 2.24) is 9.97 Å². The first-order valence-electron chi connectivity index (χ1n) is 4.34. The Hall–Kier alpha value is -1.68. The van der Waals surface area contributed by atoms with Gasteiger partial charge in [-0.1, -0.05) is 0 Å². The van der Waals surface area contributed by atoms with Gasteiger partial charge in [-0.25, -0.2) is 0 Å². The van der Waals surface area contributed by atoms with Crippen molar-refractivity contribution in [3.63, 3.8) is 0 Å². The lowest BCUT2D eigenvalue weighted by atomic mass is 10.1. The van der Waals surface area contributed by atoms with Gasteiger partial charge < -0.3 is 10.1 Å². The molecule has 0 aliphatic heterocycles. The summed E-state index contributed by atoms with van der Waals surface area (Å²) in [4.78, 5) is 17.8.